The molecule has 2 aromatic heterocycles. The van der Waals surface area contributed by atoms with Crippen LogP contribution in [0.4, 0.5) is 0 Å². The minimum absolute atomic E-state index is 0.141. The van der Waals surface area contributed by atoms with E-state index in [9.17, 15) is 4.79 Å². The van der Waals surface area contributed by atoms with Gasteiger partial charge in [-0.3, -0.25) is 4.79 Å². The summed E-state index contributed by atoms with van der Waals surface area (Å²) in [5.41, 5.74) is 4.15. The molecule has 1 N–H and O–H groups in total. The summed E-state index contributed by atoms with van der Waals surface area (Å²) in [7, 11) is 0. The van der Waals surface area contributed by atoms with Crippen LogP contribution in [-0.2, 0) is 17.8 Å². The van der Waals surface area contributed by atoms with Gasteiger partial charge in [0.25, 0.3) is 0 Å². The highest BCUT2D eigenvalue weighted by Gasteiger charge is 2.16. The van der Waals surface area contributed by atoms with E-state index < -0.39 is 0 Å². The summed E-state index contributed by atoms with van der Waals surface area (Å²) in [4.78, 5) is 17.1. The van der Waals surface area contributed by atoms with E-state index in [1.807, 2.05) is 91.1 Å². The van der Waals surface area contributed by atoms with Gasteiger partial charge in [-0.2, -0.15) is 10.1 Å². The zero-order chi connectivity index (χ0) is 23.3. The highest BCUT2D eigenvalue weighted by atomic mass is 35.5. The Labute approximate surface area is 201 Å². The molecule has 0 aliphatic heterocycles. The van der Waals surface area contributed by atoms with E-state index in [1.54, 1.807) is 4.68 Å². The molecule has 0 bridgehead atoms. The van der Waals surface area contributed by atoms with E-state index in [2.05, 4.69) is 15.5 Å². The van der Waals surface area contributed by atoms with Crippen molar-refractivity contribution in [3.05, 3.63) is 108 Å². The molecule has 168 valence electrons. The minimum atomic E-state index is -0.178. The Bertz CT molecular complexity index is 1400. The lowest BCUT2D eigenvalue weighted by Gasteiger charge is -2.04. The highest BCUT2D eigenvalue weighted by Crippen LogP contribution is 2.26. The molecule has 1 amide bonds. The lowest BCUT2D eigenvalue weighted by molar-refractivity contribution is -0.120. The van der Waals surface area contributed by atoms with Gasteiger partial charge in [-0.25, -0.2) is 4.68 Å². The molecule has 0 aliphatic carbocycles. The summed E-state index contributed by atoms with van der Waals surface area (Å²) in [6.07, 6.45) is 2.02. The maximum absolute atomic E-state index is 12.8. The van der Waals surface area contributed by atoms with Crippen molar-refractivity contribution in [1.82, 2.24) is 25.2 Å². The van der Waals surface area contributed by atoms with Crippen molar-refractivity contribution in [3.63, 3.8) is 0 Å². The first-order valence-corrected chi connectivity index (χ1v) is 11.1. The summed E-state index contributed by atoms with van der Waals surface area (Å²) < 4.78 is 7.06. The summed E-state index contributed by atoms with van der Waals surface area (Å²) in [6, 6.07) is 26.7. The monoisotopic (exact) mass is 469 g/mol. The van der Waals surface area contributed by atoms with Crippen molar-refractivity contribution in [2.75, 3.05) is 0 Å². The highest BCUT2D eigenvalue weighted by molar-refractivity contribution is 6.30. The average Bonchev–Trinajstić information content (AvgIpc) is 3.52. The number of rotatable bonds is 7. The van der Waals surface area contributed by atoms with Crippen LogP contribution in [0, 0.1) is 0 Å². The molecule has 2 heterocycles. The molecule has 7 nitrogen and oxygen atoms in total. The Morgan fingerprint density at radius 2 is 1.62 bits per heavy atom. The first-order chi connectivity index (χ1) is 16.7. The molecule has 0 fully saturated rings. The molecule has 0 radical (unpaired) electrons. The summed E-state index contributed by atoms with van der Waals surface area (Å²) in [6.45, 7) is 0.141. The predicted molar refractivity (Wildman–Crippen MR) is 129 cm³/mol. The maximum atomic E-state index is 12.8. The number of halogens is 1. The van der Waals surface area contributed by atoms with Crippen LogP contribution in [0.5, 0.6) is 0 Å². The van der Waals surface area contributed by atoms with Crippen molar-refractivity contribution in [2.24, 2.45) is 0 Å². The van der Waals surface area contributed by atoms with Crippen LogP contribution in [0.15, 0.2) is 95.6 Å². The number of benzene rings is 3. The largest absolute Gasteiger partial charge is 0.347 e. The van der Waals surface area contributed by atoms with E-state index in [0.29, 0.717) is 16.7 Å². The van der Waals surface area contributed by atoms with E-state index >= 15 is 0 Å². The maximum Gasteiger partial charge on any atom is 0.246 e. The predicted octanol–water partition coefficient (Wildman–Crippen LogP) is 5.10. The Hall–Kier alpha value is -4.23. The Balaban J connectivity index is 1.33. The lowest BCUT2D eigenvalue weighted by atomic mass is 10.1. The van der Waals surface area contributed by atoms with Gasteiger partial charge in [-0.15, -0.1) is 0 Å². The van der Waals surface area contributed by atoms with Crippen LogP contribution in [0.25, 0.3) is 28.3 Å². The van der Waals surface area contributed by atoms with Gasteiger partial charge >= 0.3 is 0 Å². The number of hydrogen-bond acceptors (Lipinski definition) is 5. The topological polar surface area (TPSA) is 85.8 Å². The fourth-order valence-corrected chi connectivity index (χ4v) is 3.67. The van der Waals surface area contributed by atoms with Gasteiger partial charge in [-0.05, 0) is 24.3 Å². The molecule has 0 spiro atoms. The van der Waals surface area contributed by atoms with Crippen LogP contribution >= 0.6 is 11.6 Å². The SMILES string of the molecule is O=C(Cc1cn(-c2ccccc2)nc1-c1ccc(Cl)cc1)NCc1nc(-c2ccccc2)no1. The third kappa shape index (κ3) is 4.89. The third-order valence-corrected chi connectivity index (χ3v) is 5.47. The van der Waals surface area contributed by atoms with Crippen molar-refractivity contribution < 1.29 is 9.32 Å². The van der Waals surface area contributed by atoms with Crippen molar-refractivity contribution in [3.8, 4) is 28.3 Å². The second-order valence-corrected chi connectivity index (χ2v) is 8.06. The smallest absolute Gasteiger partial charge is 0.246 e. The molecule has 5 aromatic rings. The van der Waals surface area contributed by atoms with Gasteiger partial charge in [0, 0.05) is 27.9 Å². The van der Waals surface area contributed by atoms with Gasteiger partial charge in [0.1, 0.15) is 0 Å². The molecule has 0 unspecified atom stereocenters. The van der Waals surface area contributed by atoms with Gasteiger partial charge in [0.2, 0.25) is 17.6 Å². The van der Waals surface area contributed by atoms with Crippen LogP contribution in [-0.4, -0.2) is 25.8 Å². The van der Waals surface area contributed by atoms with Gasteiger partial charge in [0.05, 0.1) is 24.3 Å². The summed E-state index contributed by atoms with van der Waals surface area (Å²) in [5, 5.41) is 12.2. The van der Waals surface area contributed by atoms with Crippen LogP contribution < -0.4 is 5.32 Å². The van der Waals surface area contributed by atoms with Crippen molar-refractivity contribution in [1.29, 1.82) is 0 Å². The lowest BCUT2D eigenvalue weighted by Crippen LogP contribution is -2.24. The van der Waals surface area contributed by atoms with E-state index in [4.69, 9.17) is 21.2 Å². The number of carbonyl (C=O) groups is 1. The van der Waals surface area contributed by atoms with E-state index in [1.165, 1.54) is 0 Å². The molecule has 0 saturated carbocycles. The van der Waals surface area contributed by atoms with Gasteiger partial charge in [-0.1, -0.05) is 77.4 Å². The standard InChI is InChI=1S/C26H20ClN5O2/c27-21-13-11-18(12-14-21)25-20(17-32(30-25)22-9-5-2-6-10-22)15-23(33)28-16-24-29-26(31-34-24)19-7-3-1-4-8-19/h1-14,17H,15-16H2,(H,28,33). The third-order valence-electron chi connectivity index (χ3n) is 5.22. The Morgan fingerprint density at radius 1 is 0.912 bits per heavy atom. The van der Waals surface area contributed by atoms with Gasteiger partial charge < -0.3 is 9.84 Å². The number of aromatic nitrogens is 4. The average molecular weight is 470 g/mol. The number of hydrogen-bond donors (Lipinski definition) is 1. The van der Waals surface area contributed by atoms with Gasteiger partial charge in [0.15, 0.2) is 0 Å². The van der Waals surface area contributed by atoms with Crippen LogP contribution in [0.1, 0.15) is 11.5 Å². The zero-order valence-corrected chi connectivity index (χ0v) is 18.8. The molecule has 3 aromatic carbocycles. The quantitative estimate of drug-likeness (QED) is 0.358. The molecule has 5 rings (SSSR count). The molecule has 0 atom stereocenters. The Morgan fingerprint density at radius 3 is 2.35 bits per heavy atom. The molecule has 0 saturated heterocycles. The number of amides is 1. The fourth-order valence-electron chi connectivity index (χ4n) is 3.54. The summed E-state index contributed by atoms with van der Waals surface area (Å²) >= 11 is 6.05. The number of carbonyl (C=O) groups excluding carboxylic acids is 1. The second kappa shape index (κ2) is 9.72. The molecule has 0 aliphatic rings. The fraction of sp³-hybridized carbons (Fsp3) is 0.0769. The van der Waals surface area contributed by atoms with Crippen molar-refractivity contribution >= 4 is 17.5 Å². The molecular formula is C26H20ClN5O2. The minimum Gasteiger partial charge on any atom is -0.347 e. The molecule has 34 heavy (non-hydrogen) atoms. The number of nitrogens with zero attached hydrogens (tertiary/aromatic N) is 4. The summed E-state index contributed by atoms with van der Waals surface area (Å²) in [5.74, 6) is 0.645. The van der Waals surface area contributed by atoms with Crippen molar-refractivity contribution in [2.45, 2.75) is 13.0 Å². The van der Waals surface area contributed by atoms with E-state index in [-0.39, 0.29) is 18.9 Å². The number of para-hydroxylation sites is 1. The van der Waals surface area contributed by atoms with Crippen LogP contribution in [0.3, 0.4) is 0 Å². The second-order valence-electron chi connectivity index (χ2n) is 7.62. The van der Waals surface area contributed by atoms with Crippen LogP contribution in [0.2, 0.25) is 5.02 Å². The molecule has 8 heteroatoms. The molecular weight excluding hydrogens is 450 g/mol. The number of nitrogens with one attached hydrogen (secondary N) is 1. The zero-order valence-electron chi connectivity index (χ0n) is 18.1. The Kier molecular flexibility index (Phi) is 6.18. The normalized spacial score (nSPS) is 10.9. The first-order valence-electron chi connectivity index (χ1n) is 10.7. The van der Waals surface area contributed by atoms with E-state index in [0.717, 1.165) is 28.1 Å². The first kappa shape index (κ1) is 21.6.